The molecule has 0 radical (unpaired) electrons. The van der Waals surface area contributed by atoms with E-state index in [4.69, 9.17) is 0 Å². The first kappa shape index (κ1) is 9.72. The van der Waals surface area contributed by atoms with Crippen molar-refractivity contribution in [3.05, 3.63) is 34.9 Å². The fraction of sp³-hybridized carbons (Fsp3) is 0.538. The van der Waals surface area contributed by atoms with E-state index < -0.39 is 0 Å². The topological polar surface area (TPSA) is 20.2 Å². The molecule has 1 atom stereocenters. The molecule has 0 spiro atoms. The lowest BCUT2D eigenvalue weighted by molar-refractivity contribution is 0.103. The van der Waals surface area contributed by atoms with E-state index in [2.05, 4.69) is 39.0 Å². The number of benzene rings is 1. The van der Waals surface area contributed by atoms with Crippen molar-refractivity contribution in [3.63, 3.8) is 0 Å². The Bertz CT molecular complexity index is 330. The second-order valence-electron chi connectivity index (χ2n) is 4.98. The maximum Gasteiger partial charge on any atom is 0.0843 e. The van der Waals surface area contributed by atoms with Crippen LogP contribution in [0.1, 0.15) is 42.6 Å². The van der Waals surface area contributed by atoms with E-state index in [0.717, 1.165) is 18.4 Å². The second-order valence-corrected chi connectivity index (χ2v) is 4.98. The van der Waals surface area contributed by atoms with Gasteiger partial charge in [-0.2, -0.15) is 0 Å². The normalized spacial score (nSPS) is 20.6. The lowest BCUT2D eigenvalue weighted by Gasteiger charge is -2.18. The summed E-state index contributed by atoms with van der Waals surface area (Å²) in [6.07, 6.45) is 2.03. The zero-order valence-corrected chi connectivity index (χ0v) is 9.17. The smallest absolute Gasteiger partial charge is 0.0843 e. The summed E-state index contributed by atoms with van der Waals surface area (Å²) in [4.78, 5) is 0. The summed E-state index contributed by atoms with van der Waals surface area (Å²) in [5.74, 6) is 0. The molecule has 1 heteroatoms. The van der Waals surface area contributed by atoms with Gasteiger partial charge in [0.15, 0.2) is 0 Å². The minimum absolute atomic E-state index is 0.153. The van der Waals surface area contributed by atoms with E-state index in [-0.39, 0.29) is 11.5 Å². The van der Waals surface area contributed by atoms with Crippen LogP contribution in [0, 0.1) is 19.3 Å². The Morgan fingerprint density at radius 2 is 1.64 bits per heavy atom. The first-order valence-corrected chi connectivity index (χ1v) is 5.27. The van der Waals surface area contributed by atoms with E-state index >= 15 is 0 Å². The van der Waals surface area contributed by atoms with E-state index in [0.29, 0.717) is 0 Å². The summed E-state index contributed by atoms with van der Waals surface area (Å²) in [7, 11) is 0. The molecule has 1 aliphatic rings. The lowest BCUT2D eigenvalue weighted by atomic mass is 9.93. The Kier molecular flexibility index (Phi) is 2.15. The SMILES string of the molecule is Cc1cc(C)cc(C(O)C2(C)CC2)c1. The number of hydrogen-bond donors (Lipinski definition) is 1. The van der Waals surface area contributed by atoms with Crippen LogP contribution in [0.2, 0.25) is 0 Å². The molecule has 0 aliphatic heterocycles. The van der Waals surface area contributed by atoms with Gasteiger partial charge in [0.2, 0.25) is 0 Å². The van der Waals surface area contributed by atoms with Gasteiger partial charge < -0.3 is 5.11 Å². The molecule has 1 fully saturated rings. The Balaban J connectivity index is 2.31. The second kappa shape index (κ2) is 3.09. The summed E-state index contributed by atoms with van der Waals surface area (Å²) >= 11 is 0. The maximum absolute atomic E-state index is 10.2. The Morgan fingerprint density at radius 1 is 1.14 bits per heavy atom. The Labute approximate surface area is 85.8 Å². The third-order valence-corrected chi connectivity index (χ3v) is 3.26. The standard InChI is InChI=1S/C13H18O/c1-9-6-10(2)8-11(7-9)12(14)13(3)4-5-13/h6-8,12,14H,4-5H2,1-3H3. The van der Waals surface area contributed by atoms with Gasteiger partial charge >= 0.3 is 0 Å². The van der Waals surface area contributed by atoms with Crippen molar-refractivity contribution in [1.82, 2.24) is 0 Å². The quantitative estimate of drug-likeness (QED) is 0.759. The van der Waals surface area contributed by atoms with Gasteiger partial charge in [0, 0.05) is 0 Å². The predicted octanol–water partition coefficient (Wildman–Crippen LogP) is 3.14. The van der Waals surface area contributed by atoms with Crippen molar-refractivity contribution < 1.29 is 5.11 Å². The van der Waals surface area contributed by atoms with Gasteiger partial charge in [0.05, 0.1) is 6.10 Å². The van der Waals surface area contributed by atoms with E-state index in [1.807, 2.05) is 0 Å². The average Bonchev–Trinajstić information content (AvgIpc) is 2.82. The number of aliphatic hydroxyl groups excluding tert-OH is 1. The molecule has 1 aliphatic carbocycles. The largest absolute Gasteiger partial charge is 0.388 e. The van der Waals surface area contributed by atoms with E-state index in [9.17, 15) is 5.11 Å². The molecule has 76 valence electrons. The van der Waals surface area contributed by atoms with Crippen molar-refractivity contribution >= 4 is 0 Å². The van der Waals surface area contributed by atoms with E-state index in [1.165, 1.54) is 11.1 Å². The average molecular weight is 190 g/mol. The molecule has 0 amide bonds. The van der Waals surface area contributed by atoms with Crippen molar-refractivity contribution in [1.29, 1.82) is 0 Å². The Hall–Kier alpha value is -0.820. The fourth-order valence-corrected chi connectivity index (χ4v) is 2.04. The van der Waals surface area contributed by atoms with Gasteiger partial charge in [-0.3, -0.25) is 0 Å². The van der Waals surface area contributed by atoms with Crippen molar-refractivity contribution in [2.45, 2.75) is 39.7 Å². The van der Waals surface area contributed by atoms with Crippen molar-refractivity contribution in [2.75, 3.05) is 0 Å². The highest BCUT2D eigenvalue weighted by molar-refractivity contribution is 5.31. The summed E-state index contributed by atoms with van der Waals surface area (Å²) in [6, 6.07) is 6.34. The molecule has 0 heterocycles. The third-order valence-electron chi connectivity index (χ3n) is 3.26. The van der Waals surface area contributed by atoms with E-state index in [1.54, 1.807) is 0 Å². The zero-order valence-electron chi connectivity index (χ0n) is 9.17. The summed E-state index contributed by atoms with van der Waals surface area (Å²) in [6.45, 7) is 6.33. The van der Waals surface area contributed by atoms with Gasteiger partial charge in [-0.15, -0.1) is 0 Å². The lowest BCUT2D eigenvalue weighted by Crippen LogP contribution is -2.09. The number of aryl methyl sites for hydroxylation is 2. The highest BCUT2D eigenvalue weighted by Gasteiger charge is 2.44. The highest BCUT2D eigenvalue weighted by Crippen LogP contribution is 2.54. The molecule has 2 rings (SSSR count). The minimum Gasteiger partial charge on any atom is -0.388 e. The fourth-order valence-electron chi connectivity index (χ4n) is 2.04. The van der Waals surface area contributed by atoms with Crippen LogP contribution in [0.5, 0.6) is 0 Å². The molecule has 14 heavy (non-hydrogen) atoms. The van der Waals surface area contributed by atoms with Gasteiger partial charge in [-0.05, 0) is 37.7 Å². The van der Waals surface area contributed by atoms with Crippen LogP contribution in [0.4, 0.5) is 0 Å². The van der Waals surface area contributed by atoms with Crippen LogP contribution in [0.3, 0.4) is 0 Å². The van der Waals surface area contributed by atoms with Gasteiger partial charge in [0.1, 0.15) is 0 Å². The monoisotopic (exact) mass is 190 g/mol. The predicted molar refractivity (Wildman–Crippen MR) is 58.2 cm³/mol. The number of aliphatic hydroxyl groups is 1. The molecule has 1 nitrogen and oxygen atoms in total. The van der Waals surface area contributed by atoms with Gasteiger partial charge in [-0.1, -0.05) is 36.2 Å². The molecule has 0 bridgehead atoms. The molecule has 1 aromatic carbocycles. The molecule has 1 saturated carbocycles. The van der Waals surface area contributed by atoms with Crippen LogP contribution in [0.25, 0.3) is 0 Å². The molecular weight excluding hydrogens is 172 g/mol. The van der Waals surface area contributed by atoms with Crippen LogP contribution in [0.15, 0.2) is 18.2 Å². The molecule has 1 aromatic rings. The van der Waals surface area contributed by atoms with Gasteiger partial charge in [-0.25, -0.2) is 0 Å². The number of rotatable bonds is 2. The first-order chi connectivity index (χ1) is 6.51. The first-order valence-electron chi connectivity index (χ1n) is 5.27. The summed E-state index contributed by atoms with van der Waals surface area (Å²) in [5.41, 5.74) is 3.72. The van der Waals surface area contributed by atoms with Crippen LogP contribution in [-0.4, -0.2) is 5.11 Å². The molecular formula is C13H18O. The summed E-state index contributed by atoms with van der Waals surface area (Å²) in [5, 5.41) is 10.2. The maximum atomic E-state index is 10.2. The van der Waals surface area contributed by atoms with Crippen molar-refractivity contribution in [3.8, 4) is 0 Å². The highest BCUT2D eigenvalue weighted by atomic mass is 16.3. The Morgan fingerprint density at radius 3 is 2.07 bits per heavy atom. The molecule has 1 N–H and O–H groups in total. The minimum atomic E-state index is -0.277. The number of hydrogen-bond acceptors (Lipinski definition) is 1. The molecule has 0 saturated heterocycles. The van der Waals surface area contributed by atoms with Crippen LogP contribution >= 0.6 is 0 Å². The van der Waals surface area contributed by atoms with Crippen molar-refractivity contribution in [2.24, 2.45) is 5.41 Å². The molecule has 1 unspecified atom stereocenters. The van der Waals surface area contributed by atoms with Gasteiger partial charge in [0.25, 0.3) is 0 Å². The molecule has 0 aromatic heterocycles. The third kappa shape index (κ3) is 1.69. The zero-order chi connectivity index (χ0) is 10.3. The van der Waals surface area contributed by atoms with Crippen LogP contribution < -0.4 is 0 Å². The van der Waals surface area contributed by atoms with Crippen LogP contribution in [-0.2, 0) is 0 Å². The summed E-state index contributed by atoms with van der Waals surface area (Å²) < 4.78 is 0.